The molecular formula is C28H24F5NO6S. The van der Waals surface area contributed by atoms with Crippen LogP contribution in [-0.4, -0.2) is 45.4 Å². The smallest absolute Gasteiger partial charge is 0.416 e. The van der Waals surface area contributed by atoms with Crippen LogP contribution in [0, 0.1) is 17.0 Å². The predicted molar refractivity (Wildman–Crippen MR) is 137 cm³/mol. The molecule has 2 aliphatic rings. The van der Waals surface area contributed by atoms with Gasteiger partial charge in [0.15, 0.2) is 0 Å². The van der Waals surface area contributed by atoms with Gasteiger partial charge < -0.3 is 14.6 Å². The molecule has 1 atom stereocenters. The van der Waals surface area contributed by atoms with Gasteiger partial charge in [-0.15, -0.1) is 0 Å². The molecule has 218 valence electrons. The molecule has 1 N–H and O–H groups in total. The maximum Gasteiger partial charge on any atom is 0.416 e. The van der Waals surface area contributed by atoms with E-state index in [2.05, 4.69) is 0 Å². The molecule has 1 saturated heterocycles. The molecule has 1 fully saturated rings. The number of halogens is 5. The van der Waals surface area contributed by atoms with Gasteiger partial charge in [0, 0.05) is 25.7 Å². The highest BCUT2D eigenvalue weighted by molar-refractivity contribution is 7.92. The van der Waals surface area contributed by atoms with Crippen molar-refractivity contribution in [3.63, 3.8) is 0 Å². The molecule has 41 heavy (non-hydrogen) atoms. The van der Waals surface area contributed by atoms with Crippen LogP contribution >= 0.6 is 0 Å². The second-order valence-electron chi connectivity index (χ2n) is 10.0. The zero-order valence-electron chi connectivity index (χ0n) is 21.3. The van der Waals surface area contributed by atoms with E-state index in [1.54, 1.807) is 0 Å². The topological polar surface area (TPSA) is 93.1 Å². The number of fused-ring (bicyclic) bond motifs is 1. The molecule has 13 heteroatoms. The minimum atomic E-state index is -4.80. The lowest BCUT2D eigenvalue weighted by Crippen LogP contribution is -2.48. The molecule has 0 saturated carbocycles. The van der Waals surface area contributed by atoms with E-state index >= 15 is 0 Å². The van der Waals surface area contributed by atoms with Crippen molar-refractivity contribution in [3.05, 3.63) is 77.9 Å². The Kier molecular flexibility index (Phi) is 7.45. The number of carboxylic acids is 1. The highest BCUT2D eigenvalue weighted by atomic mass is 32.2. The quantitative estimate of drug-likeness (QED) is 0.357. The number of aliphatic carboxylic acids is 1. The van der Waals surface area contributed by atoms with Crippen molar-refractivity contribution < 1.29 is 49.7 Å². The number of carboxylic acid groups (broad SMARTS) is 1. The number of hydrogen-bond donors (Lipinski definition) is 1. The number of sulfonamides is 1. The zero-order chi connectivity index (χ0) is 29.6. The Morgan fingerprint density at radius 3 is 2.29 bits per heavy atom. The van der Waals surface area contributed by atoms with Crippen LogP contribution in [0.25, 0.3) is 11.1 Å². The summed E-state index contributed by atoms with van der Waals surface area (Å²) in [5.41, 5.74) is -2.18. The van der Waals surface area contributed by atoms with E-state index in [1.807, 2.05) is 0 Å². The number of nitrogens with zero attached hydrogens (tertiary/aromatic N) is 1. The Labute approximate surface area is 232 Å². The van der Waals surface area contributed by atoms with Crippen LogP contribution in [0.2, 0.25) is 0 Å². The number of ether oxygens (including phenoxy) is 2. The van der Waals surface area contributed by atoms with Gasteiger partial charge in [0.25, 0.3) is 10.0 Å². The summed E-state index contributed by atoms with van der Waals surface area (Å²) in [5, 5.41) is 10.0. The Morgan fingerprint density at radius 1 is 0.976 bits per heavy atom. The lowest BCUT2D eigenvalue weighted by molar-refractivity contribution is -0.157. The summed E-state index contributed by atoms with van der Waals surface area (Å²) in [6.07, 6.45) is -5.53. The predicted octanol–water partition coefficient (Wildman–Crippen LogP) is 5.88. The largest absolute Gasteiger partial charge is 0.486 e. The average Bonchev–Trinajstić information content (AvgIpc) is 2.92. The van der Waals surface area contributed by atoms with Crippen LogP contribution in [0.5, 0.6) is 5.75 Å². The second kappa shape index (κ2) is 10.6. The van der Waals surface area contributed by atoms with Gasteiger partial charge in [-0.25, -0.2) is 17.2 Å². The summed E-state index contributed by atoms with van der Waals surface area (Å²) >= 11 is 0. The third-order valence-corrected chi connectivity index (χ3v) is 9.13. The van der Waals surface area contributed by atoms with Crippen LogP contribution in [0.3, 0.4) is 0 Å². The molecular weight excluding hydrogens is 573 g/mol. The van der Waals surface area contributed by atoms with Crippen LogP contribution in [-0.2, 0) is 25.7 Å². The fourth-order valence-electron chi connectivity index (χ4n) is 5.21. The zero-order valence-corrected chi connectivity index (χ0v) is 22.1. The van der Waals surface area contributed by atoms with Crippen LogP contribution in [0.4, 0.5) is 27.6 Å². The molecule has 0 radical (unpaired) electrons. The van der Waals surface area contributed by atoms with E-state index in [1.165, 1.54) is 18.2 Å². The Morgan fingerprint density at radius 2 is 1.66 bits per heavy atom. The molecule has 0 bridgehead atoms. The minimum absolute atomic E-state index is 0.0185. The molecule has 3 aromatic carbocycles. The molecule has 7 nitrogen and oxygen atoms in total. The maximum atomic E-state index is 13.9. The molecule has 2 aliphatic heterocycles. The molecule has 0 aromatic heterocycles. The number of hydrogen-bond acceptors (Lipinski definition) is 5. The maximum absolute atomic E-state index is 13.9. The van der Waals surface area contributed by atoms with Gasteiger partial charge in [-0.1, -0.05) is 12.1 Å². The van der Waals surface area contributed by atoms with Crippen molar-refractivity contribution in [2.24, 2.45) is 5.41 Å². The van der Waals surface area contributed by atoms with E-state index in [0.29, 0.717) is 12.1 Å². The van der Waals surface area contributed by atoms with Gasteiger partial charge in [0.1, 0.15) is 23.5 Å². The fraction of sp³-hybridized carbons (Fsp3) is 0.321. The second-order valence-corrected chi connectivity index (χ2v) is 11.9. The van der Waals surface area contributed by atoms with Crippen molar-refractivity contribution in [1.82, 2.24) is 0 Å². The van der Waals surface area contributed by atoms with Gasteiger partial charge in [-0.2, -0.15) is 13.2 Å². The monoisotopic (exact) mass is 597 g/mol. The summed E-state index contributed by atoms with van der Waals surface area (Å²) < 4.78 is 108. The van der Waals surface area contributed by atoms with E-state index in [4.69, 9.17) is 9.47 Å². The minimum Gasteiger partial charge on any atom is -0.486 e. The molecule has 0 unspecified atom stereocenters. The Bertz CT molecular complexity index is 1570. The molecule has 2 heterocycles. The summed E-state index contributed by atoms with van der Waals surface area (Å²) in [6.45, 7) is -0.0345. The average molecular weight is 598 g/mol. The van der Waals surface area contributed by atoms with Gasteiger partial charge in [-0.3, -0.25) is 9.10 Å². The molecule has 3 aromatic rings. The summed E-state index contributed by atoms with van der Waals surface area (Å²) in [5.74, 6) is -2.80. The Hall–Kier alpha value is -3.71. The van der Waals surface area contributed by atoms with Crippen molar-refractivity contribution in [1.29, 1.82) is 0 Å². The highest BCUT2D eigenvalue weighted by Gasteiger charge is 2.45. The van der Waals surface area contributed by atoms with Gasteiger partial charge >= 0.3 is 12.1 Å². The van der Waals surface area contributed by atoms with E-state index in [9.17, 15) is 40.3 Å². The molecule has 5 rings (SSSR count). The number of alkyl halides is 3. The summed E-state index contributed by atoms with van der Waals surface area (Å²) in [7, 11) is -4.65. The van der Waals surface area contributed by atoms with E-state index < -0.39 is 62.3 Å². The molecule has 0 aliphatic carbocycles. The van der Waals surface area contributed by atoms with E-state index in [-0.39, 0.29) is 55.0 Å². The number of rotatable bonds is 6. The Balaban J connectivity index is 1.61. The first-order chi connectivity index (χ1) is 19.3. The van der Waals surface area contributed by atoms with Gasteiger partial charge in [0.05, 0.1) is 28.1 Å². The van der Waals surface area contributed by atoms with Crippen molar-refractivity contribution >= 4 is 21.7 Å². The van der Waals surface area contributed by atoms with Gasteiger partial charge in [0.2, 0.25) is 0 Å². The third-order valence-electron chi connectivity index (χ3n) is 7.36. The van der Waals surface area contributed by atoms with Crippen LogP contribution in [0.1, 0.15) is 24.8 Å². The SMILES string of the molecule is O=C(O)C1(C[C@H]2CN(S(=O)(=O)c3cccc(C(F)(F)F)c3)c3cc(-c4cc(F)cc(F)c4)ccc3O2)CCOCC1. The number of anilines is 1. The fourth-order valence-corrected chi connectivity index (χ4v) is 6.75. The highest BCUT2D eigenvalue weighted by Crippen LogP contribution is 2.44. The van der Waals surface area contributed by atoms with Crippen LogP contribution in [0.15, 0.2) is 65.6 Å². The third kappa shape index (κ3) is 5.73. The lowest BCUT2D eigenvalue weighted by Gasteiger charge is -2.40. The van der Waals surface area contributed by atoms with Crippen molar-refractivity contribution in [3.8, 4) is 16.9 Å². The number of benzene rings is 3. The summed E-state index contributed by atoms with van der Waals surface area (Å²) in [4.78, 5) is 11.6. The molecule has 0 spiro atoms. The first-order valence-electron chi connectivity index (χ1n) is 12.6. The molecule has 0 amide bonds. The number of carbonyl (C=O) groups is 1. The van der Waals surface area contributed by atoms with E-state index in [0.717, 1.165) is 34.6 Å². The van der Waals surface area contributed by atoms with Gasteiger partial charge in [-0.05, 0) is 66.4 Å². The lowest BCUT2D eigenvalue weighted by atomic mass is 9.75. The first kappa shape index (κ1) is 28.8. The van der Waals surface area contributed by atoms with Crippen molar-refractivity contribution in [2.75, 3.05) is 24.1 Å². The normalized spacial score (nSPS) is 18.9. The first-order valence-corrected chi connectivity index (χ1v) is 14.0. The van der Waals surface area contributed by atoms with Crippen LogP contribution < -0.4 is 9.04 Å². The van der Waals surface area contributed by atoms with Crippen molar-refractivity contribution in [2.45, 2.75) is 36.4 Å². The standard InChI is InChI=1S/C28H24F5NO6S/c29-20-10-18(11-21(30)14-20)17-4-5-25-24(12-17)34(41(37,38)23-3-1-2-19(13-23)28(31,32)33)16-22(40-25)15-27(26(35)36)6-8-39-9-7-27/h1-5,10-14,22H,6-9,15-16H2,(H,35,36)/t22-/m0/s1. The summed E-state index contributed by atoms with van der Waals surface area (Å²) in [6, 6.07) is 10.2.